The third-order valence-electron chi connectivity index (χ3n) is 7.18. The van der Waals surface area contributed by atoms with Gasteiger partial charge in [-0.15, -0.1) is 0 Å². The van der Waals surface area contributed by atoms with Crippen LogP contribution in [0.2, 0.25) is 0 Å². The number of aryl methyl sites for hydroxylation is 1. The second-order valence-electron chi connectivity index (χ2n) is 10.0. The van der Waals surface area contributed by atoms with Crippen molar-refractivity contribution < 1.29 is 13.9 Å². The molecule has 1 saturated heterocycles. The summed E-state index contributed by atoms with van der Waals surface area (Å²) < 4.78 is 21.3. The second kappa shape index (κ2) is 9.06. The fourth-order valence-electron chi connectivity index (χ4n) is 4.99. The van der Waals surface area contributed by atoms with Crippen molar-refractivity contribution in [1.82, 2.24) is 29.6 Å². The number of carbonyl (C=O) groups is 1. The smallest absolute Gasteiger partial charge is 0.257 e. The molecule has 1 amide bonds. The Balaban J connectivity index is 1.14. The number of amides is 1. The summed E-state index contributed by atoms with van der Waals surface area (Å²) in [4.78, 5) is 28.2. The molecule has 4 aromatic rings. The van der Waals surface area contributed by atoms with Gasteiger partial charge < -0.3 is 9.64 Å². The number of hydrogen-bond acceptors (Lipinski definition) is 6. The molecule has 2 unspecified atom stereocenters. The van der Waals surface area contributed by atoms with Gasteiger partial charge in [0.25, 0.3) is 5.91 Å². The molecule has 2 fully saturated rings. The van der Waals surface area contributed by atoms with Crippen molar-refractivity contribution in [2.75, 3.05) is 13.1 Å². The zero-order valence-electron chi connectivity index (χ0n) is 20.9. The number of hydrogen-bond donors (Lipinski definition) is 0. The Labute approximate surface area is 214 Å². The molecule has 1 aromatic carbocycles. The second-order valence-corrected chi connectivity index (χ2v) is 10.0. The van der Waals surface area contributed by atoms with Gasteiger partial charge in [0.2, 0.25) is 11.8 Å². The van der Waals surface area contributed by atoms with Gasteiger partial charge in [0.05, 0.1) is 17.0 Å². The molecular weight excluding hydrogens is 471 g/mol. The topological polar surface area (TPSA) is 86.0 Å². The Kier molecular flexibility index (Phi) is 5.70. The molecule has 6 rings (SSSR count). The first-order valence-electron chi connectivity index (χ1n) is 12.4. The van der Waals surface area contributed by atoms with Crippen molar-refractivity contribution in [3.05, 3.63) is 83.7 Å². The maximum Gasteiger partial charge on any atom is 0.257 e. The maximum atomic E-state index is 13.4. The van der Waals surface area contributed by atoms with Crippen LogP contribution in [0.4, 0.5) is 4.39 Å². The van der Waals surface area contributed by atoms with E-state index in [9.17, 15) is 9.18 Å². The molecule has 3 aromatic heterocycles. The van der Waals surface area contributed by atoms with Gasteiger partial charge in [-0.05, 0) is 54.8 Å². The summed E-state index contributed by atoms with van der Waals surface area (Å²) in [6.45, 7) is 7.33. The molecular formula is C28H27FN6O2. The van der Waals surface area contributed by atoms with Crippen molar-refractivity contribution >= 4 is 5.91 Å². The summed E-state index contributed by atoms with van der Waals surface area (Å²) in [5, 5.41) is 4.43. The summed E-state index contributed by atoms with van der Waals surface area (Å²) in [6.07, 6.45) is 5.01. The van der Waals surface area contributed by atoms with Crippen LogP contribution in [0.15, 0.2) is 61.1 Å². The minimum atomic E-state index is -0.277. The van der Waals surface area contributed by atoms with Crippen molar-refractivity contribution in [1.29, 1.82) is 0 Å². The first-order valence-corrected chi connectivity index (χ1v) is 12.4. The number of pyridine rings is 1. The maximum absolute atomic E-state index is 13.4. The fourth-order valence-corrected chi connectivity index (χ4v) is 4.99. The summed E-state index contributed by atoms with van der Waals surface area (Å²) in [6, 6.07) is 12.1. The van der Waals surface area contributed by atoms with Crippen LogP contribution in [-0.2, 0) is 0 Å². The Bertz CT molecular complexity index is 1440. The van der Waals surface area contributed by atoms with E-state index in [0.717, 1.165) is 16.8 Å². The van der Waals surface area contributed by atoms with E-state index in [-0.39, 0.29) is 29.7 Å². The van der Waals surface area contributed by atoms with Gasteiger partial charge in [0.15, 0.2) is 0 Å². The number of ether oxygens (including phenoxy) is 1. The lowest BCUT2D eigenvalue weighted by molar-refractivity contribution is 0.0751. The van der Waals surface area contributed by atoms with Gasteiger partial charge in [-0.25, -0.2) is 24.0 Å². The number of carbonyl (C=O) groups excluding carboxylic acids is 1. The molecule has 2 aliphatic rings. The number of piperidine rings is 1. The van der Waals surface area contributed by atoms with Crippen LogP contribution in [0.25, 0.3) is 17.2 Å². The van der Waals surface area contributed by atoms with Crippen LogP contribution in [0, 0.1) is 24.6 Å². The normalized spacial score (nSPS) is 20.2. The SMILES string of the molecule is Cc1nn(-c2ncccn2)cc1C(=O)N1CC2C(Oc3cc(C(C)C)cc(-c4ccc(F)cc4)n3)[C@@H]2C1. The van der Waals surface area contributed by atoms with E-state index in [4.69, 9.17) is 9.72 Å². The number of halogens is 1. The van der Waals surface area contributed by atoms with E-state index in [2.05, 4.69) is 28.9 Å². The van der Waals surface area contributed by atoms with Gasteiger partial charge in [-0.3, -0.25) is 4.79 Å². The molecule has 4 heterocycles. The number of rotatable bonds is 6. The lowest BCUT2D eigenvalue weighted by atomic mass is 10.0. The molecule has 0 N–H and O–H groups in total. The summed E-state index contributed by atoms with van der Waals surface area (Å²) >= 11 is 0. The van der Waals surface area contributed by atoms with E-state index >= 15 is 0 Å². The Morgan fingerprint density at radius 1 is 1.08 bits per heavy atom. The highest BCUT2D eigenvalue weighted by Gasteiger charge is 2.59. The van der Waals surface area contributed by atoms with Crippen LogP contribution in [0.1, 0.15) is 41.4 Å². The zero-order valence-corrected chi connectivity index (χ0v) is 20.9. The van der Waals surface area contributed by atoms with Crippen molar-refractivity contribution in [3.63, 3.8) is 0 Å². The molecule has 9 heteroatoms. The minimum Gasteiger partial charge on any atom is -0.474 e. The predicted octanol–water partition coefficient (Wildman–Crippen LogP) is 4.44. The summed E-state index contributed by atoms with van der Waals surface area (Å²) in [5.41, 5.74) is 3.93. The van der Waals surface area contributed by atoms with E-state index in [0.29, 0.717) is 42.1 Å². The van der Waals surface area contributed by atoms with Crippen molar-refractivity contribution in [2.24, 2.45) is 11.8 Å². The average Bonchev–Trinajstić information content (AvgIpc) is 3.23. The van der Waals surface area contributed by atoms with Crippen LogP contribution in [0.5, 0.6) is 5.88 Å². The van der Waals surface area contributed by atoms with Crippen LogP contribution in [-0.4, -0.2) is 54.7 Å². The highest BCUT2D eigenvalue weighted by atomic mass is 19.1. The monoisotopic (exact) mass is 498 g/mol. The molecule has 0 spiro atoms. The molecule has 37 heavy (non-hydrogen) atoms. The van der Waals surface area contributed by atoms with E-state index in [1.54, 1.807) is 36.8 Å². The minimum absolute atomic E-state index is 0.0292. The third-order valence-corrected chi connectivity index (χ3v) is 7.18. The Hall–Kier alpha value is -4.14. The standard InChI is InChI=1S/C28H27FN6O2/c1-16(2)19-11-24(18-5-7-20(29)8-6-18)32-25(12-19)37-26-22-13-34(14-23(22)26)27(36)21-15-35(33-17(21)3)28-30-9-4-10-31-28/h4-12,15-16,22-23,26H,13-14H2,1-3H3/t22-,23?,26?/m1/s1. The highest BCUT2D eigenvalue weighted by molar-refractivity contribution is 5.95. The Morgan fingerprint density at radius 2 is 1.78 bits per heavy atom. The number of nitrogens with zero attached hydrogens (tertiary/aromatic N) is 6. The third kappa shape index (κ3) is 4.45. The average molecular weight is 499 g/mol. The van der Waals surface area contributed by atoms with Crippen LogP contribution < -0.4 is 4.74 Å². The van der Waals surface area contributed by atoms with Crippen LogP contribution >= 0.6 is 0 Å². The lowest BCUT2D eigenvalue weighted by Crippen LogP contribution is -2.33. The fraction of sp³-hybridized carbons (Fsp3) is 0.321. The molecule has 1 saturated carbocycles. The first-order chi connectivity index (χ1) is 17.9. The number of benzene rings is 1. The van der Waals surface area contributed by atoms with Crippen LogP contribution in [0.3, 0.4) is 0 Å². The number of aromatic nitrogens is 5. The lowest BCUT2D eigenvalue weighted by Gasteiger charge is -2.20. The van der Waals surface area contributed by atoms with E-state index in [1.165, 1.54) is 16.8 Å². The first kappa shape index (κ1) is 23.3. The van der Waals surface area contributed by atoms with Gasteiger partial charge in [0, 0.05) is 55.1 Å². The van der Waals surface area contributed by atoms with Gasteiger partial charge in [0.1, 0.15) is 11.9 Å². The van der Waals surface area contributed by atoms with E-state index < -0.39 is 0 Å². The van der Waals surface area contributed by atoms with Crippen molar-refractivity contribution in [3.8, 4) is 23.1 Å². The molecule has 1 aliphatic heterocycles. The molecule has 188 valence electrons. The quantitative estimate of drug-likeness (QED) is 0.391. The summed E-state index contributed by atoms with van der Waals surface area (Å²) in [5.74, 6) is 1.53. The molecule has 3 atom stereocenters. The molecule has 1 aliphatic carbocycles. The molecule has 0 radical (unpaired) electrons. The number of fused-ring (bicyclic) bond motifs is 1. The van der Waals surface area contributed by atoms with Gasteiger partial charge >= 0.3 is 0 Å². The highest BCUT2D eigenvalue weighted by Crippen LogP contribution is 2.48. The van der Waals surface area contributed by atoms with Gasteiger partial charge in [-0.1, -0.05) is 13.8 Å². The van der Waals surface area contributed by atoms with Crippen molar-refractivity contribution in [2.45, 2.75) is 32.8 Å². The molecule has 8 nitrogen and oxygen atoms in total. The zero-order chi connectivity index (χ0) is 25.7. The molecule has 0 bridgehead atoms. The predicted molar refractivity (Wildman–Crippen MR) is 135 cm³/mol. The largest absolute Gasteiger partial charge is 0.474 e. The summed E-state index contributed by atoms with van der Waals surface area (Å²) in [7, 11) is 0. The number of likely N-dealkylation sites (tertiary alicyclic amines) is 1. The Morgan fingerprint density at radius 3 is 2.46 bits per heavy atom. The van der Waals surface area contributed by atoms with E-state index in [1.807, 2.05) is 24.0 Å². The van der Waals surface area contributed by atoms with Gasteiger partial charge in [-0.2, -0.15) is 5.10 Å².